The Hall–Kier alpha value is -5.03. The number of hydrogen-bond donors (Lipinski definition) is 0. The van der Waals surface area contributed by atoms with Gasteiger partial charge in [-0.1, -0.05) is 41.6 Å². The average molecular weight is 803 g/mol. The second kappa shape index (κ2) is 13.6. The maximum absolute atomic E-state index is 6.19. The first-order valence-corrected chi connectivity index (χ1v) is 15.7. The first-order chi connectivity index (χ1) is 22.7. The molecule has 5 aromatic heterocycles. The molecule has 48 heavy (non-hydrogen) atoms. The summed E-state index contributed by atoms with van der Waals surface area (Å²) in [7, 11) is 0. The molecule has 0 spiro atoms. The summed E-state index contributed by atoms with van der Waals surface area (Å²) in [4.78, 5) is 18.2. The van der Waals surface area contributed by atoms with E-state index in [1.807, 2.05) is 55.8 Å². The van der Waals surface area contributed by atoms with E-state index < -0.39 is 0 Å². The van der Waals surface area contributed by atoms with Gasteiger partial charge in [0.15, 0.2) is 0 Å². The molecule has 0 N–H and O–H groups in total. The predicted molar refractivity (Wildman–Crippen MR) is 191 cm³/mol. The minimum atomic E-state index is 0. The van der Waals surface area contributed by atoms with E-state index in [1.54, 1.807) is 0 Å². The number of hydrogen-bond acceptors (Lipinski definition) is 5. The summed E-state index contributed by atoms with van der Waals surface area (Å²) in [5.41, 5.74) is 15.4. The van der Waals surface area contributed by atoms with Gasteiger partial charge in [-0.05, 0) is 104 Å². The number of nitrogens with zero attached hydrogens (tertiary/aromatic N) is 4. The van der Waals surface area contributed by atoms with Crippen molar-refractivity contribution in [3.05, 3.63) is 143 Å². The van der Waals surface area contributed by atoms with Crippen LogP contribution in [0.15, 0.2) is 102 Å². The molecule has 0 bridgehead atoms. The van der Waals surface area contributed by atoms with Crippen molar-refractivity contribution in [2.45, 2.75) is 41.5 Å². The van der Waals surface area contributed by atoms with Crippen LogP contribution in [0.4, 0.5) is 0 Å². The molecule has 1 radical (unpaired) electrons. The fourth-order valence-electron chi connectivity index (χ4n) is 5.80. The van der Waals surface area contributed by atoms with E-state index in [1.165, 1.54) is 27.8 Å². The van der Waals surface area contributed by atoms with Crippen LogP contribution in [0.25, 0.3) is 66.6 Å². The van der Waals surface area contributed by atoms with Gasteiger partial charge < -0.3 is 14.4 Å². The molecule has 5 heterocycles. The third kappa shape index (κ3) is 6.42. The Balaban J connectivity index is 0.000000212. The predicted octanol–water partition coefficient (Wildman–Crippen LogP) is 10.5. The van der Waals surface area contributed by atoms with E-state index >= 15 is 0 Å². The van der Waals surface area contributed by atoms with E-state index in [0.717, 1.165) is 66.6 Å². The molecule has 0 atom stereocenters. The fourth-order valence-corrected chi connectivity index (χ4v) is 5.80. The van der Waals surface area contributed by atoms with Crippen LogP contribution >= 0.6 is 0 Å². The van der Waals surface area contributed by atoms with Crippen LogP contribution < -0.4 is 0 Å². The smallest absolute Gasteiger partial charge is 0.216 e. The molecule has 6 heteroatoms. The van der Waals surface area contributed by atoms with Crippen LogP contribution in [0.3, 0.4) is 0 Å². The summed E-state index contributed by atoms with van der Waals surface area (Å²) < 4.78 is 6.19. The molecule has 0 aliphatic rings. The van der Waals surface area contributed by atoms with E-state index in [-0.39, 0.29) is 20.1 Å². The van der Waals surface area contributed by atoms with E-state index in [9.17, 15) is 0 Å². The molecule has 8 rings (SSSR count). The molecule has 3 aromatic carbocycles. The second-order valence-electron chi connectivity index (χ2n) is 12.2. The van der Waals surface area contributed by atoms with Gasteiger partial charge in [0.1, 0.15) is 0 Å². The van der Waals surface area contributed by atoms with Gasteiger partial charge in [-0.3, -0.25) is 4.98 Å². The number of aromatic nitrogens is 4. The standard InChI is InChI=1S/C28H20N3O.C14H14N.Ir/c1-16-12-25-19(6-5-11-29-25)13-23(16)24-14-26(30-15-17(24)2)22-8-4-7-20-21-10-9-18(3)31-28(21)32-27(20)22;1-10-4-6-13(7-5-10)14-8-11(2)12(3)9-15-14;/h4-7,9-15H,1-3H3;4-6,8-9H,1-3H3;/q2*-1;. The minimum Gasteiger partial charge on any atom is -0.486 e. The van der Waals surface area contributed by atoms with Crippen molar-refractivity contribution in [1.29, 1.82) is 0 Å². The van der Waals surface area contributed by atoms with Gasteiger partial charge in [0.25, 0.3) is 0 Å². The average Bonchev–Trinajstić information content (AvgIpc) is 3.44. The third-order valence-electron chi connectivity index (χ3n) is 8.65. The largest absolute Gasteiger partial charge is 0.486 e. The summed E-state index contributed by atoms with van der Waals surface area (Å²) in [6, 6.07) is 33.4. The molecular formula is C42H34IrN4O-2. The van der Waals surface area contributed by atoms with Gasteiger partial charge in [-0.15, -0.1) is 53.6 Å². The zero-order chi connectivity index (χ0) is 32.7. The van der Waals surface area contributed by atoms with Crippen molar-refractivity contribution >= 4 is 33.0 Å². The third-order valence-corrected chi connectivity index (χ3v) is 8.65. The van der Waals surface area contributed by atoms with Crippen LogP contribution in [0, 0.1) is 53.7 Å². The van der Waals surface area contributed by atoms with Crippen molar-refractivity contribution in [3.63, 3.8) is 0 Å². The van der Waals surface area contributed by atoms with Crippen molar-refractivity contribution in [3.8, 4) is 33.6 Å². The van der Waals surface area contributed by atoms with Crippen molar-refractivity contribution in [2.24, 2.45) is 0 Å². The molecule has 8 aromatic rings. The monoisotopic (exact) mass is 803 g/mol. The maximum Gasteiger partial charge on any atom is 0.216 e. The quantitative estimate of drug-likeness (QED) is 0.167. The fraction of sp³-hybridized carbons (Fsp3) is 0.143. The molecule has 0 aliphatic heterocycles. The van der Waals surface area contributed by atoms with E-state index in [2.05, 4.69) is 110 Å². The Morgan fingerprint density at radius 1 is 0.646 bits per heavy atom. The summed E-state index contributed by atoms with van der Waals surface area (Å²) >= 11 is 0. The molecule has 0 fully saturated rings. The topological polar surface area (TPSA) is 64.7 Å². The molecule has 0 saturated carbocycles. The molecule has 5 nitrogen and oxygen atoms in total. The Kier molecular flexibility index (Phi) is 9.32. The zero-order valence-corrected chi connectivity index (χ0v) is 30.2. The van der Waals surface area contributed by atoms with Crippen molar-refractivity contribution in [2.75, 3.05) is 0 Å². The molecular weight excluding hydrogens is 769 g/mol. The van der Waals surface area contributed by atoms with Gasteiger partial charge >= 0.3 is 0 Å². The SMILES string of the molecule is Cc1c[c-]c(-c2cc(C)c(C)cn2)cc1.Cc1ccc2c(n1)oc1c(-c3cc(-c4cc5cccnc5cc4C)c(C)cn3)[c-]ccc12.[Ir]. The van der Waals surface area contributed by atoms with Gasteiger partial charge in [-0.25, -0.2) is 4.98 Å². The first-order valence-electron chi connectivity index (χ1n) is 15.7. The molecule has 0 unspecified atom stereocenters. The Morgan fingerprint density at radius 2 is 1.44 bits per heavy atom. The molecule has 239 valence electrons. The molecule has 0 aliphatic carbocycles. The normalized spacial score (nSPS) is 11.0. The number of aryl methyl sites for hydroxylation is 6. The number of benzene rings is 3. The minimum absolute atomic E-state index is 0. The van der Waals surface area contributed by atoms with Crippen molar-refractivity contribution in [1.82, 2.24) is 19.9 Å². The van der Waals surface area contributed by atoms with Gasteiger partial charge in [-0.2, -0.15) is 0 Å². The summed E-state index contributed by atoms with van der Waals surface area (Å²) in [5, 5.41) is 3.16. The number of rotatable bonds is 3. The molecule has 0 amide bonds. The summed E-state index contributed by atoms with van der Waals surface area (Å²) in [6.45, 7) is 12.4. The number of fused-ring (bicyclic) bond motifs is 4. The zero-order valence-electron chi connectivity index (χ0n) is 27.8. The Labute approximate surface area is 294 Å². The van der Waals surface area contributed by atoms with E-state index in [4.69, 9.17) is 9.40 Å². The first kappa shape index (κ1) is 32.9. The van der Waals surface area contributed by atoms with Crippen LogP contribution in [-0.4, -0.2) is 19.9 Å². The summed E-state index contributed by atoms with van der Waals surface area (Å²) in [6.07, 6.45) is 5.67. The Morgan fingerprint density at radius 3 is 2.23 bits per heavy atom. The van der Waals surface area contributed by atoms with Crippen molar-refractivity contribution < 1.29 is 24.5 Å². The maximum atomic E-state index is 6.19. The van der Waals surface area contributed by atoms with E-state index in [0.29, 0.717) is 5.71 Å². The van der Waals surface area contributed by atoms with Gasteiger partial charge in [0, 0.05) is 55.2 Å². The molecule has 0 saturated heterocycles. The second-order valence-corrected chi connectivity index (χ2v) is 12.2. The number of pyridine rings is 4. The van der Waals surface area contributed by atoms with Crippen LogP contribution in [-0.2, 0) is 20.1 Å². The van der Waals surface area contributed by atoms with Gasteiger partial charge in [0.05, 0.1) is 11.1 Å². The van der Waals surface area contributed by atoms with Gasteiger partial charge in [0.2, 0.25) is 5.71 Å². The van der Waals surface area contributed by atoms with Crippen LogP contribution in [0.5, 0.6) is 0 Å². The van der Waals surface area contributed by atoms with Crippen LogP contribution in [0.1, 0.15) is 33.5 Å². The number of furan rings is 1. The van der Waals surface area contributed by atoms with Crippen LogP contribution in [0.2, 0.25) is 0 Å². The Bertz CT molecular complexity index is 2430. The summed E-state index contributed by atoms with van der Waals surface area (Å²) in [5.74, 6) is 0.